The number of Topliss-reactive ketones (excluding diaryl/α,β-unsaturated/α-hetero) is 1. The van der Waals surface area contributed by atoms with Gasteiger partial charge in [-0.05, 0) is 44.5 Å². The monoisotopic (exact) mass is 452 g/mol. The van der Waals surface area contributed by atoms with Crippen molar-refractivity contribution in [2.24, 2.45) is 0 Å². The molecule has 3 aromatic rings. The van der Waals surface area contributed by atoms with Crippen LogP contribution in [0.4, 0.5) is 18.0 Å². The number of carbonyl (C=O) groups is 3. The van der Waals surface area contributed by atoms with Gasteiger partial charge in [0.05, 0.1) is 15.3 Å². The number of nitrogens with zero attached hydrogens (tertiary/aromatic N) is 1. The Morgan fingerprint density at radius 2 is 1.68 bits per heavy atom. The van der Waals surface area contributed by atoms with Crippen molar-refractivity contribution in [1.29, 1.82) is 0 Å². The van der Waals surface area contributed by atoms with Gasteiger partial charge in [0.2, 0.25) is 0 Å². The summed E-state index contributed by atoms with van der Waals surface area (Å²) < 4.78 is 44.4. The normalized spacial score (nSPS) is 12.1. The van der Waals surface area contributed by atoms with Crippen molar-refractivity contribution in [3.05, 3.63) is 57.9 Å². The molecule has 0 fully saturated rings. The lowest BCUT2D eigenvalue weighted by molar-refractivity contribution is -0.0882. The third-order valence-electron chi connectivity index (χ3n) is 4.14. The van der Waals surface area contributed by atoms with E-state index in [4.69, 9.17) is 4.74 Å². The average Bonchev–Trinajstić information content (AvgIpc) is 3.29. The van der Waals surface area contributed by atoms with E-state index in [9.17, 15) is 27.6 Å². The van der Waals surface area contributed by atoms with Crippen LogP contribution in [0.2, 0.25) is 0 Å². The zero-order valence-electron chi connectivity index (χ0n) is 16.9. The van der Waals surface area contributed by atoms with Crippen LogP contribution in [-0.2, 0) is 11.3 Å². The second-order valence-corrected chi connectivity index (χ2v) is 8.78. The van der Waals surface area contributed by atoms with Crippen LogP contribution in [-0.4, -0.2) is 34.1 Å². The molecule has 2 heterocycles. The highest BCUT2D eigenvalue weighted by molar-refractivity contribution is 7.16. The van der Waals surface area contributed by atoms with E-state index >= 15 is 0 Å². The molecule has 0 aliphatic rings. The zero-order valence-corrected chi connectivity index (χ0v) is 17.7. The van der Waals surface area contributed by atoms with Gasteiger partial charge < -0.3 is 10.1 Å². The van der Waals surface area contributed by atoms with E-state index in [1.54, 1.807) is 51.2 Å². The summed E-state index contributed by atoms with van der Waals surface area (Å²) in [5, 5.41) is 3.33. The van der Waals surface area contributed by atoms with Crippen LogP contribution in [0.15, 0.2) is 42.6 Å². The summed E-state index contributed by atoms with van der Waals surface area (Å²) in [6.07, 6.45) is -4.02. The Labute approximate surface area is 179 Å². The van der Waals surface area contributed by atoms with Gasteiger partial charge in [0.15, 0.2) is 0 Å². The third-order valence-corrected chi connectivity index (χ3v) is 5.22. The molecule has 0 atom stereocenters. The number of rotatable bonds is 4. The maximum atomic E-state index is 12.5. The summed E-state index contributed by atoms with van der Waals surface area (Å²) in [4.78, 5) is 35.6. The standard InChI is InChI=1S/C21H19F3N2O4S/c1-20(2,3)30-19(29)26-11-12(13-6-4-5-7-14(13)26)10-25-18(28)16-9-8-15(31-16)17(27)21(22,23)24/h4-9,11H,10H2,1-3H3,(H,25,28). The highest BCUT2D eigenvalue weighted by Gasteiger charge is 2.40. The minimum atomic E-state index is -5.00. The van der Waals surface area contributed by atoms with Gasteiger partial charge in [-0.1, -0.05) is 18.2 Å². The number of alkyl halides is 3. The fourth-order valence-electron chi connectivity index (χ4n) is 2.84. The molecule has 3 rings (SSSR count). The predicted molar refractivity (Wildman–Crippen MR) is 109 cm³/mol. The zero-order chi connectivity index (χ0) is 23.0. The highest BCUT2D eigenvalue weighted by atomic mass is 32.1. The van der Waals surface area contributed by atoms with E-state index in [2.05, 4.69) is 5.32 Å². The first-order valence-corrected chi connectivity index (χ1v) is 10.0. The van der Waals surface area contributed by atoms with Crippen molar-refractivity contribution in [2.45, 2.75) is 39.1 Å². The Bertz CT molecular complexity index is 1160. The van der Waals surface area contributed by atoms with Crippen LogP contribution in [0.5, 0.6) is 0 Å². The molecule has 10 heteroatoms. The van der Waals surface area contributed by atoms with Crippen LogP contribution in [0.3, 0.4) is 0 Å². The number of hydrogen-bond donors (Lipinski definition) is 1. The second kappa shape index (κ2) is 8.18. The number of ketones is 1. The topological polar surface area (TPSA) is 77.4 Å². The van der Waals surface area contributed by atoms with Crippen LogP contribution in [0.25, 0.3) is 10.9 Å². The molecule has 0 unspecified atom stereocenters. The van der Waals surface area contributed by atoms with E-state index in [0.717, 1.165) is 6.07 Å². The maximum absolute atomic E-state index is 12.5. The first-order chi connectivity index (χ1) is 14.4. The van der Waals surface area contributed by atoms with Crippen molar-refractivity contribution < 1.29 is 32.3 Å². The van der Waals surface area contributed by atoms with Crippen molar-refractivity contribution in [1.82, 2.24) is 9.88 Å². The molecule has 1 N–H and O–H groups in total. The molecule has 2 aromatic heterocycles. The van der Waals surface area contributed by atoms with Gasteiger partial charge in [-0.2, -0.15) is 13.2 Å². The van der Waals surface area contributed by atoms with E-state index in [1.807, 2.05) is 0 Å². The molecule has 31 heavy (non-hydrogen) atoms. The number of aromatic nitrogens is 1. The Morgan fingerprint density at radius 3 is 2.32 bits per heavy atom. The SMILES string of the molecule is CC(C)(C)OC(=O)n1cc(CNC(=O)c2ccc(C(=O)C(F)(F)F)s2)c2ccccc21. The Balaban J connectivity index is 1.79. The van der Waals surface area contributed by atoms with Gasteiger partial charge in [-0.25, -0.2) is 4.79 Å². The molecule has 0 radical (unpaired) electrons. The van der Waals surface area contributed by atoms with Crippen LogP contribution in [0, 0.1) is 0 Å². The summed E-state index contributed by atoms with van der Waals surface area (Å²) in [5.41, 5.74) is 0.523. The quantitative estimate of drug-likeness (QED) is 0.555. The molecule has 0 saturated carbocycles. The predicted octanol–water partition coefficient (Wildman–Crippen LogP) is 5.16. The fraction of sp³-hybridized carbons (Fsp3) is 0.286. The van der Waals surface area contributed by atoms with E-state index in [-0.39, 0.29) is 11.4 Å². The average molecular weight is 452 g/mol. The summed E-state index contributed by atoms with van der Waals surface area (Å²) in [6.45, 7) is 5.26. The van der Waals surface area contributed by atoms with Crippen LogP contribution >= 0.6 is 11.3 Å². The molecule has 1 amide bonds. The fourth-order valence-corrected chi connectivity index (χ4v) is 3.72. The maximum Gasteiger partial charge on any atom is 0.455 e. The third kappa shape index (κ3) is 5.13. The van der Waals surface area contributed by atoms with Gasteiger partial charge in [0.1, 0.15) is 5.60 Å². The number of benzene rings is 1. The number of hydrogen-bond acceptors (Lipinski definition) is 5. The number of fused-ring (bicyclic) bond motifs is 1. The molecule has 0 saturated heterocycles. The van der Waals surface area contributed by atoms with E-state index in [1.165, 1.54) is 10.6 Å². The minimum Gasteiger partial charge on any atom is -0.443 e. The first kappa shape index (κ1) is 22.5. The molecule has 0 spiro atoms. The smallest absolute Gasteiger partial charge is 0.443 e. The first-order valence-electron chi connectivity index (χ1n) is 9.19. The largest absolute Gasteiger partial charge is 0.455 e. The van der Waals surface area contributed by atoms with Gasteiger partial charge >= 0.3 is 12.3 Å². The van der Waals surface area contributed by atoms with Crippen molar-refractivity contribution in [3.8, 4) is 0 Å². The number of nitrogens with one attached hydrogen (secondary N) is 1. The highest BCUT2D eigenvalue weighted by Crippen LogP contribution is 2.27. The molecule has 6 nitrogen and oxygen atoms in total. The lowest BCUT2D eigenvalue weighted by Gasteiger charge is -2.19. The molecule has 1 aromatic carbocycles. The number of para-hydroxylation sites is 1. The van der Waals surface area contributed by atoms with Crippen LogP contribution < -0.4 is 5.32 Å². The van der Waals surface area contributed by atoms with E-state index in [0.29, 0.717) is 27.8 Å². The Hall–Kier alpha value is -3.14. The van der Waals surface area contributed by atoms with Gasteiger partial charge in [0, 0.05) is 18.1 Å². The number of amides is 1. The lowest BCUT2D eigenvalue weighted by atomic mass is 10.2. The second-order valence-electron chi connectivity index (χ2n) is 7.70. The van der Waals surface area contributed by atoms with Gasteiger partial charge in [0.25, 0.3) is 11.7 Å². The molecular formula is C21H19F3N2O4S. The Morgan fingerprint density at radius 1 is 1.03 bits per heavy atom. The molecule has 164 valence electrons. The summed E-state index contributed by atoms with van der Waals surface area (Å²) in [6, 6.07) is 9.20. The van der Waals surface area contributed by atoms with Crippen molar-refractivity contribution in [2.75, 3.05) is 0 Å². The molecule has 0 bridgehead atoms. The summed E-state index contributed by atoms with van der Waals surface area (Å²) in [7, 11) is 0. The summed E-state index contributed by atoms with van der Waals surface area (Å²) >= 11 is 0.470. The summed E-state index contributed by atoms with van der Waals surface area (Å²) in [5.74, 6) is -2.61. The molecule has 0 aliphatic carbocycles. The number of carbonyl (C=O) groups excluding carboxylic acids is 3. The van der Waals surface area contributed by atoms with E-state index < -0.39 is 34.4 Å². The van der Waals surface area contributed by atoms with Gasteiger partial charge in [-0.3, -0.25) is 14.2 Å². The molecule has 0 aliphatic heterocycles. The van der Waals surface area contributed by atoms with Gasteiger partial charge in [-0.15, -0.1) is 11.3 Å². The minimum absolute atomic E-state index is 0.0234. The van der Waals surface area contributed by atoms with Crippen molar-refractivity contribution >= 4 is 40.0 Å². The number of halogens is 3. The van der Waals surface area contributed by atoms with Crippen molar-refractivity contribution in [3.63, 3.8) is 0 Å². The van der Waals surface area contributed by atoms with Crippen LogP contribution in [0.1, 0.15) is 45.7 Å². The Kier molecular flexibility index (Phi) is 5.95. The molecular weight excluding hydrogens is 433 g/mol. The number of thiophene rings is 1. The number of ether oxygens (including phenoxy) is 1. The lowest BCUT2D eigenvalue weighted by Crippen LogP contribution is -2.26.